The second-order valence-corrected chi connectivity index (χ2v) is 9.79. The minimum absolute atomic E-state index is 0. The van der Waals surface area contributed by atoms with E-state index in [1.165, 1.54) is 23.7 Å². The van der Waals surface area contributed by atoms with Gasteiger partial charge in [0.25, 0.3) is 5.91 Å². The van der Waals surface area contributed by atoms with Crippen LogP contribution < -0.4 is 5.32 Å². The molecule has 0 atom stereocenters. The van der Waals surface area contributed by atoms with Gasteiger partial charge in [-0.25, -0.2) is 4.98 Å². The summed E-state index contributed by atoms with van der Waals surface area (Å²) in [6.07, 6.45) is 6.25. The second-order valence-electron chi connectivity index (χ2n) is 8.72. The molecular formula is C26H32Cl2N4O2S. The number of ether oxygens (including phenoxy) is 1. The highest BCUT2D eigenvalue weighted by Crippen LogP contribution is 2.36. The van der Waals surface area contributed by atoms with E-state index >= 15 is 0 Å². The summed E-state index contributed by atoms with van der Waals surface area (Å²) in [6, 6.07) is 16.9. The van der Waals surface area contributed by atoms with Crippen LogP contribution in [0, 0.1) is 0 Å². The Balaban J connectivity index is 0.00000171. The van der Waals surface area contributed by atoms with Crippen molar-refractivity contribution >= 4 is 54.2 Å². The number of halogens is 2. The molecule has 1 aromatic carbocycles. The fourth-order valence-corrected chi connectivity index (χ4v) is 5.67. The first kappa shape index (κ1) is 27.6. The molecule has 0 spiro atoms. The fraction of sp³-hybridized carbons (Fsp3) is 0.385. The van der Waals surface area contributed by atoms with Gasteiger partial charge in [0.05, 0.1) is 27.9 Å². The first-order valence-electron chi connectivity index (χ1n) is 11.7. The van der Waals surface area contributed by atoms with Gasteiger partial charge in [0.1, 0.15) is 5.65 Å². The normalized spacial score (nSPS) is 15.7. The number of nitrogens with zero attached hydrogens (tertiary/aromatic N) is 3. The third-order valence-electron chi connectivity index (χ3n) is 6.41. The number of piperidine rings is 1. The van der Waals surface area contributed by atoms with Gasteiger partial charge in [-0.15, -0.1) is 24.8 Å². The van der Waals surface area contributed by atoms with E-state index in [1.54, 1.807) is 7.11 Å². The maximum Gasteiger partial charge on any atom is 0.258 e. The zero-order chi connectivity index (χ0) is 22.6. The third-order valence-corrected chi connectivity index (χ3v) is 7.46. The molecule has 2 aliphatic rings. The summed E-state index contributed by atoms with van der Waals surface area (Å²) in [4.78, 5) is 21.0. The summed E-state index contributed by atoms with van der Waals surface area (Å²) >= 11 is 1.51. The number of methoxy groups -OCH3 is 1. The molecule has 0 aliphatic carbocycles. The van der Waals surface area contributed by atoms with Crippen molar-refractivity contribution in [3.8, 4) is 0 Å². The number of thioether (sulfide) groups is 1. The Hall–Kier alpha value is -2.03. The SMILES string of the molecule is COCc1nc2cccc3n2c1C=C(C(=O)NC1CCN(CCCc2ccccc2)CC1)S3.Cl.Cl. The fourth-order valence-electron chi connectivity index (χ4n) is 4.69. The van der Waals surface area contributed by atoms with Crippen LogP contribution >= 0.6 is 36.6 Å². The van der Waals surface area contributed by atoms with Crippen LogP contribution in [0.4, 0.5) is 0 Å². The Bertz CT molecular complexity index is 1160. The van der Waals surface area contributed by atoms with Crippen LogP contribution in [0.15, 0.2) is 58.5 Å². The maximum absolute atomic E-state index is 13.1. The largest absolute Gasteiger partial charge is 0.378 e. The van der Waals surface area contributed by atoms with Crippen LogP contribution in [-0.4, -0.2) is 53.0 Å². The van der Waals surface area contributed by atoms with Gasteiger partial charge < -0.3 is 15.0 Å². The summed E-state index contributed by atoms with van der Waals surface area (Å²) in [5, 5.41) is 4.29. The lowest BCUT2D eigenvalue weighted by Gasteiger charge is -2.32. The molecule has 35 heavy (non-hydrogen) atoms. The number of aromatic nitrogens is 2. The molecule has 1 fully saturated rings. The van der Waals surface area contributed by atoms with Crippen molar-refractivity contribution in [1.29, 1.82) is 0 Å². The Labute approximate surface area is 223 Å². The summed E-state index contributed by atoms with van der Waals surface area (Å²) < 4.78 is 7.43. The van der Waals surface area contributed by atoms with Crippen LogP contribution in [0.2, 0.25) is 0 Å². The number of benzene rings is 1. The lowest BCUT2D eigenvalue weighted by Crippen LogP contribution is -2.45. The Morgan fingerprint density at radius 2 is 1.89 bits per heavy atom. The molecule has 0 bridgehead atoms. The smallest absolute Gasteiger partial charge is 0.258 e. The molecule has 1 amide bonds. The second kappa shape index (κ2) is 12.8. The number of likely N-dealkylation sites (tertiary alicyclic amines) is 1. The summed E-state index contributed by atoms with van der Waals surface area (Å²) in [5.41, 5.74) is 4.10. The van der Waals surface area contributed by atoms with Crippen molar-refractivity contribution in [3.05, 3.63) is 70.4 Å². The van der Waals surface area contributed by atoms with Crippen molar-refractivity contribution in [2.45, 2.75) is 43.4 Å². The Morgan fingerprint density at radius 1 is 1.11 bits per heavy atom. The molecule has 1 saturated heterocycles. The lowest BCUT2D eigenvalue weighted by atomic mass is 10.0. The minimum atomic E-state index is 0. The van der Waals surface area contributed by atoms with Crippen molar-refractivity contribution in [3.63, 3.8) is 0 Å². The number of pyridine rings is 1. The van der Waals surface area contributed by atoms with Crippen LogP contribution in [0.25, 0.3) is 11.7 Å². The van der Waals surface area contributed by atoms with E-state index in [2.05, 4.69) is 49.9 Å². The van der Waals surface area contributed by atoms with Gasteiger partial charge >= 0.3 is 0 Å². The molecule has 188 valence electrons. The summed E-state index contributed by atoms with van der Waals surface area (Å²) in [7, 11) is 1.67. The lowest BCUT2D eigenvalue weighted by molar-refractivity contribution is -0.117. The first-order chi connectivity index (χ1) is 16.2. The van der Waals surface area contributed by atoms with Gasteiger partial charge in [-0.3, -0.25) is 9.20 Å². The molecule has 2 aromatic heterocycles. The average molecular weight is 536 g/mol. The predicted molar refractivity (Wildman–Crippen MR) is 147 cm³/mol. The quantitative estimate of drug-likeness (QED) is 0.441. The Kier molecular flexibility index (Phi) is 10.1. The topological polar surface area (TPSA) is 58.9 Å². The van der Waals surface area contributed by atoms with Gasteiger partial charge in [-0.1, -0.05) is 48.2 Å². The van der Waals surface area contributed by atoms with Crippen molar-refractivity contribution in [1.82, 2.24) is 19.6 Å². The van der Waals surface area contributed by atoms with Gasteiger partial charge in [0.15, 0.2) is 0 Å². The predicted octanol–water partition coefficient (Wildman–Crippen LogP) is 4.98. The number of carbonyl (C=O) groups is 1. The molecule has 3 aromatic rings. The number of aryl methyl sites for hydroxylation is 1. The molecule has 9 heteroatoms. The molecule has 1 N–H and O–H groups in total. The van der Waals surface area contributed by atoms with Gasteiger partial charge in [0.2, 0.25) is 0 Å². The number of rotatable bonds is 8. The highest BCUT2D eigenvalue weighted by molar-refractivity contribution is 8.04. The molecule has 0 unspecified atom stereocenters. The molecule has 6 nitrogen and oxygen atoms in total. The van der Waals surface area contributed by atoms with Crippen molar-refractivity contribution in [2.24, 2.45) is 0 Å². The minimum Gasteiger partial charge on any atom is -0.378 e. The standard InChI is InChI=1S/C26H30N4O2S.2ClH/c1-32-18-21-22-17-23(33-25-11-5-10-24(28-21)30(22)25)26(31)27-20-12-15-29(16-13-20)14-6-9-19-7-3-2-4-8-19;;/h2-5,7-8,10-11,17,20H,6,9,12-16,18H2,1H3,(H,27,31);2*1H. The van der Waals surface area contributed by atoms with Crippen LogP contribution in [0.5, 0.6) is 0 Å². The number of hydrogen-bond acceptors (Lipinski definition) is 5. The summed E-state index contributed by atoms with van der Waals surface area (Å²) in [6.45, 7) is 3.62. The van der Waals surface area contributed by atoms with E-state index in [1.807, 2.05) is 24.3 Å². The zero-order valence-electron chi connectivity index (χ0n) is 19.8. The average Bonchev–Trinajstić information content (AvgIpc) is 3.20. The van der Waals surface area contributed by atoms with Gasteiger partial charge in [-0.2, -0.15) is 0 Å². The van der Waals surface area contributed by atoms with Gasteiger partial charge in [-0.05, 0) is 56.0 Å². The molecule has 0 saturated carbocycles. The highest BCUT2D eigenvalue weighted by atomic mass is 35.5. The van der Waals surface area contributed by atoms with Crippen LogP contribution in [0.3, 0.4) is 0 Å². The number of imidazole rings is 1. The molecule has 4 heterocycles. The van der Waals surface area contributed by atoms with E-state index < -0.39 is 0 Å². The van der Waals surface area contributed by atoms with Crippen molar-refractivity contribution < 1.29 is 9.53 Å². The first-order valence-corrected chi connectivity index (χ1v) is 12.5. The maximum atomic E-state index is 13.1. The highest BCUT2D eigenvalue weighted by Gasteiger charge is 2.26. The van der Waals surface area contributed by atoms with Crippen molar-refractivity contribution in [2.75, 3.05) is 26.7 Å². The number of carbonyl (C=O) groups excluding carboxylic acids is 1. The van der Waals surface area contributed by atoms with E-state index in [0.717, 1.165) is 65.9 Å². The van der Waals surface area contributed by atoms with E-state index in [-0.39, 0.29) is 36.8 Å². The van der Waals surface area contributed by atoms with E-state index in [9.17, 15) is 4.79 Å². The summed E-state index contributed by atoms with van der Waals surface area (Å²) in [5.74, 6) is 0.00958. The Morgan fingerprint density at radius 3 is 2.63 bits per heavy atom. The van der Waals surface area contributed by atoms with Crippen LogP contribution in [-0.2, 0) is 22.6 Å². The molecule has 5 rings (SSSR count). The molecule has 2 aliphatic heterocycles. The van der Waals surface area contributed by atoms with E-state index in [4.69, 9.17) is 4.74 Å². The number of nitrogens with one attached hydrogen (secondary N) is 1. The third kappa shape index (κ3) is 6.40. The monoisotopic (exact) mass is 534 g/mol. The molecule has 0 radical (unpaired) electrons. The number of hydrogen-bond donors (Lipinski definition) is 1. The van der Waals surface area contributed by atoms with E-state index in [0.29, 0.717) is 6.61 Å². The molecular weight excluding hydrogens is 503 g/mol. The van der Waals surface area contributed by atoms with Crippen LogP contribution in [0.1, 0.15) is 36.2 Å². The van der Waals surface area contributed by atoms with Gasteiger partial charge in [0, 0.05) is 26.2 Å². The zero-order valence-corrected chi connectivity index (χ0v) is 22.3. The number of amides is 1.